The molecule has 0 spiro atoms. The third-order valence-electron chi connectivity index (χ3n) is 10.2. The summed E-state index contributed by atoms with van der Waals surface area (Å²) in [4.78, 5) is 5.19. The fourth-order valence-corrected chi connectivity index (χ4v) is 8.65. The van der Waals surface area contributed by atoms with Crippen LogP contribution in [-0.2, 0) is 11.8 Å². The van der Waals surface area contributed by atoms with Crippen molar-refractivity contribution in [1.29, 1.82) is 0 Å². The van der Waals surface area contributed by atoms with E-state index in [0.717, 1.165) is 53.9 Å². The van der Waals surface area contributed by atoms with E-state index in [2.05, 4.69) is 164 Å². The molecule has 0 unspecified atom stereocenters. The predicted octanol–water partition coefficient (Wildman–Crippen LogP) is 14.5. The van der Waals surface area contributed by atoms with Crippen molar-refractivity contribution in [3.63, 3.8) is 0 Å². The molecule has 52 heavy (non-hydrogen) atoms. The largest absolute Gasteiger partial charge is 0.311 e. The highest BCUT2D eigenvalue weighted by Gasteiger charge is 2.35. The van der Waals surface area contributed by atoms with Crippen LogP contribution >= 0.6 is 11.3 Å². The van der Waals surface area contributed by atoms with Crippen LogP contribution in [0.1, 0.15) is 90.3 Å². The minimum absolute atomic E-state index is 0.0987. The molecule has 0 radical (unpaired) electrons. The van der Waals surface area contributed by atoms with Gasteiger partial charge in [-0.1, -0.05) is 144 Å². The Labute approximate surface area is 319 Å². The summed E-state index contributed by atoms with van der Waals surface area (Å²) in [6, 6.07) is 27.5. The molecular weight excluding hydrogens is 645 g/mol. The molecule has 0 atom stereocenters. The quantitative estimate of drug-likeness (QED) is 0.0934. The SMILES string of the molecule is C=C(/C=C\C=C/C)C(=C)/C(C)=C\C(=C/C)N(c1ccc(-c2sc(/C(BC(C)C)=C/C)cc2CCC)cc1)c1ccc2c(c1)C(C)(C)c1ccccc1-2. The van der Waals surface area contributed by atoms with Gasteiger partial charge < -0.3 is 4.90 Å². The maximum atomic E-state index is 4.43. The number of benzene rings is 3. The Hall–Kier alpha value is -4.60. The number of hydrogen-bond donors (Lipinski definition) is 0. The third-order valence-corrected chi connectivity index (χ3v) is 11.5. The molecule has 3 aromatic carbocycles. The van der Waals surface area contributed by atoms with Crippen LogP contribution in [0.25, 0.3) is 27.0 Å². The normalized spacial score (nSPS) is 14.3. The molecule has 0 saturated heterocycles. The molecule has 1 aliphatic rings. The Morgan fingerprint density at radius 1 is 0.865 bits per heavy atom. The molecule has 3 heteroatoms. The van der Waals surface area contributed by atoms with Gasteiger partial charge in [-0.3, -0.25) is 0 Å². The second-order valence-corrected chi connectivity index (χ2v) is 15.9. The maximum Gasteiger partial charge on any atom is 0.161 e. The number of anilines is 2. The number of rotatable bonds is 14. The van der Waals surface area contributed by atoms with Gasteiger partial charge in [0.1, 0.15) is 0 Å². The molecule has 1 heterocycles. The van der Waals surface area contributed by atoms with E-state index in [9.17, 15) is 0 Å². The van der Waals surface area contributed by atoms with Gasteiger partial charge >= 0.3 is 0 Å². The van der Waals surface area contributed by atoms with Crippen molar-refractivity contribution >= 4 is 35.5 Å². The first kappa shape index (κ1) is 38.6. The summed E-state index contributed by atoms with van der Waals surface area (Å²) in [7, 11) is 1.10. The lowest BCUT2D eigenvalue weighted by Crippen LogP contribution is -2.18. The lowest BCUT2D eigenvalue weighted by Gasteiger charge is -2.29. The highest BCUT2D eigenvalue weighted by atomic mass is 32.1. The Morgan fingerprint density at radius 2 is 1.56 bits per heavy atom. The zero-order valence-electron chi connectivity index (χ0n) is 32.9. The summed E-state index contributed by atoms with van der Waals surface area (Å²) in [5, 5.41) is 0. The van der Waals surface area contributed by atoms with Crippen molar-refractivity contribution in [1.82, 2.24) is 0 Å². The monoisotopic (exact) mass is 701 g/mol. The summed E-state index contributed by atoms with van der Waals surface area (Å²) >= 11 is 1.95. The molecule has 0 fully saturated rings. The van der Waals surface area contributed by atoms with Gasteiger partial charge in [-0.05, 0) is 121 Å². The van der Waals surface area contributed by atoms with E-state index in [1.807, 2.05) is 42.6 Å². The predicted molar refractivity (Wildman–Crippen MR) is 236 cm³/mol. The first-order valence-electron chi connectivity index (χ1n) is 18.9. The first-order valence-corrected chi connectivity index (χ1v) is 19.7. The van der Waals surface area contributed by atoms with Gasteiger partial charge in [0.15, 0.2) is 7.28 Å². The van der Waals surface area contributed by atoms with Gasteiger partial charge in [0.05, 0.1) is 0 Å². The second-order valence-electron chi connectivity index (χ2n) is 14.8. The highest BCUT2D eigenvalue weighted by molar-refractivity contribution is 7.17. The van der Waals surface area contributed by atoms with E-state index in [0.29, 0.717) is 5.82 Å². The Balaban J connectivity index is 1.61. The standard InChI is InChI=1S/C49H56BNS/c1-12-16-17-21-34(7)36(9)35(8)30-39(14-3)51(41-28-29-43-42-22-18-19-23-44(42)49(10,11)45(43)32-41)40-26-24-37(25-27-40)48-38(20-13-2)31-47(52-48)46(15-4)50-33(5)6/h12,14-19,21-33,50H,7,9,13,20H2,1-6,8,10-11H3/b16-12-,21-17-,35-30-,39-14+,46-15-. The Bertz CT molecular complexity index is 2090. The van der Waals surface area contributed by atoms with Crippen LogP contribution in [0.15, 0.2) is 151 Å². The summed E-state index contributed by atoms with van der Waals surface area (Å²) in [5.74, 6) is 0.624. The van der Waals surface area contributed by atoms with Crippen molar-refractivity contribution in [2.45, 2.75) is 86.4 Å². The zero-order valence-corrected chi connectivity index (χ0v) is 33.8. The van der Waals surface area contributed by atoms with Crippen LogP contribution in [0.4, 0.5) is 11.4 Å². The number of thiophene rings is 1. The molecule has 1 aliphatic carbocycles. The topological polar surface area (TPSA) is 3.24 Å². The molecule has 0 N–H and O–H groups in total. The fraction of sp³-hybridized carbons (Fsp3) is 0.265. The maximum absolute atomic E-state index is 4.43. The molecule has 0 amide bonds. The minimum atomic E-state index is -0.0987. The summed E-state index contributed by atoms with van der Waals surface area (Å²) in [6.07, 6.45) is 17.0. The van der Waals surface area contributed by atoms with Crippen LogP contribution < -0.4 is 4.90 Å². The lowest BCUT2D eigenvalue weighted by molar-refractivity contribution is 0.660. The first-order chi connectivity index (χ1) is 24.9. The third kappa shape index (κ3) is 8.06. The molecule has 1 nitrogen and oxygen atoms in total. The molecule has 0 saturated carbocycles. The minimum Gasteiger partial charge on any atom is -0.311 e. The molecule has 266 valence electrons. The lowest BCUT2D eigenvalue weighted by atomic mass is 9.59. The van der Waals surface area contributed by atoms with E-state index >= 15 is 0 Å². The average Bonchev–Trinajstić information content (AvgIpc) is 3.66. The van der Waals surface area contributed by atoms with E-state index in [-0.39, 0.29) is 5.41 Å². The van der Waals surface area contributed by atoms with Crippen molar-refractivity contribution in [2.24, 2.45) is 0 Å². The van der Waals surface area contributed by atoms with Crippen molar-refractivity contribution in [3.05, 3.63) is 172 Å². The summed E-state index contributed by atoms with van der Waals surface area (Å²) in [6.45, 7) is 28.8. The number of nitrogens with zero attached hydrogens (tertiary/aromatic N) is 1. The highest BCUT2D eigenvalue weighted by Crippen LogP contribution is 2.50. The Morgan fingerprint density at radius 3 is 2.21 bits per heavy atom. The molecular formula is C49H56BNS. The molecule has 1 aromatic heterocycles. The Kier molecular flexibility index (Phi) is 12.5. The van der Waals surface area contributed by atoms with Gasteiger partial charge in [-0.15, -0.1) is 11.3 Å². The molecule has 4 aromatic rings. The van der Waals surface area contributed by atoms with Crippen LogP contribution in [0.3, 0.4) is 0 Å². The van der Waals surface area contributed by atoms with Gasteiger partial charge in [-0.25, -0.2) is 0 Å². The molecule has 0 bridgehead atoms. The average molecular weight is 702 g/mol. The van der Waals surface area contributed by atoms with Crippen molar-refractivity contribution in [2.75, 3.05) is 4.90 Å². The van der Waals surface area contributed by atoms with Crippen LogP contribution in [0.2, 0.25) is 5.82 Å². The van der Waals surface area contributed by atoms with E-state index in [4.69, 9.17) is 0 Å². The van der Waals surface area contributed by atoms with Gasteiger partial charge in [0.25, 0.3) is 0 Å². The smallest absolute Gasteiger partial charge is 0.161 e. The summed E-state index contributed by atoms with van der Waals surface area (Å²) in [5.41, 5.74) is 15.7. The van der Waals surface area contributed by atoms with E-state index in [1.54, 1.807) is 0 Å². The number of fused-ring (bicyclic) bond motifs is 3. The van der Waals surface area contributed by atoms with Crippen molar-refractivity contribution in [3.8, 4) is 21.6 Å². The van der Waals surface area contributed by atoms with Gasteiger partial charge in [0, 0.05) is 32.2 Å². The van der Waals surface area contributed by atoms with Crippen LogP contribution in [0, 0.1) is 0 Å². The molecule has 0 aliphatic heterocycles. The number of hydrogen-bond acceptors (Lipinski definition) is 2. The van der Waals surface area contributed by atoms with E-state index in [1.165, 1.54) is 48.6 Å². The van der Waals surface area contributed by atoms with Crippen LogP contribution in [0.5, 0.6) is 0 Å². The fourth-order valence-electron chi connectivity index (χ4n) is 7.35. The zero-order chi connectivity index (χ0) is 37.6. The molecule has 5 rings (SSSR count). The van der Waals surface area contributed by atoms with E-state index < -0.39 is 0 Å². The van der Waals surface area contributed by atoms with Crippen LogP contribution in [-0.4, -0.2) is 7.28 Å². The van der Waals surface area contributed by atoms with Gasteiger partial charge in [0.2, 0.25) is 0 Å². The summed E-state index contributed by atoms with van der Waals surface area (Å²) < 4.78 is 0. The second kappa shape index (κ2) is 16.8. The van der Waals surface area contributed by atoms with Gasteiger partial charge in [-0.2, -0.15) is 0 Å². The number of aryl methyl sites for hydroxylation is 1. The number of allylic oxidation sites excluding steroid dienone is 10. The van der Waals surface area contributed by atoms with Crippen molar-refractivity contribution < 1.29 is 0 Å².